The maximum absolute atomic E-state index is 10.9. The van der Waals surface area contributed by atoms with E-state index >= 15 is 0 Å². The Morgan fingerprint density at radius 3 is 2.72 bits per heavy atom. The number of carbonyl (C=O) groups excluding carboxylic acids is 1. The molecule has 0 spiro atoms. The molecule has 92 valence electrons. The molecule has 0 aliphatic carbocycles. The highest BCUT2D eigenvalue weighted by molar-refractivity contribution is 7.14. The molecule has 4 nitrogen and oxygen atoms in total. The van der Waals surface area contributed by atoms with Gasteiger partial charge in [0.05, 0.1) is 5.69 Å². The van der Waals surface area contributed by atoms with Crippen LogP contribution in [-0.4, -0.2) is 10.9 Å². The molecular weight excluding hydrogens is 246 g/mol. The Morgan fingerprint density at radius 1 is 1.33 bits per heavy atom. The summed E-state index contributed by atoms with van der Waals surface area (Å²) in [6.45, 7) is 1.46. The van der Waals surface area contributed by atoms with Gasteiger partial charge in [0.25, 0.3) is 0 Å². The van der Waals surface area contributed by atoms with Gasteiger partial charge in [-0.25, -0.2) is 4.98 Å². The summed E-state index contributed by atoms with van der Waals surface area (Å²) in [6.07, 6.45) is 3.85. The van der Waals surface area contributed by atoms with E-state index in [0.29, 0.717) is 5.13 Å². The Hall–Kier alpha value is -2.14. The first-order chi connectivity index (χ1) is 8.63. The van der Waals surface area contributed by atoms with Crippen molar-refractivity contribution in [2.45, 2.75) is 6.92 Å². The summed E-state index contributed by atoms with van der Waals surface area (Å²) in [7, 11) is 0. The number of hydrogen-bond acceptors (Lipinski definition) is 4. The fourth-order valence-corrected chi connectivity index (χ4v) is 2.08. The summed E-state index contributed by atoms with van der Waals surface area (Å²) in [5.41, 5.74) is 8.23. The van der Waals surface area contributed by atoms with E-state index in [2.05, 4.69) is 10.3 Å². The fraction of sp³-hybridized carbons (Fsp3) is 0.0769. The fourth-order valence-electron chi connectivity index (χ4n) is 1.36. The summed E-state index contributed by atoms with van der Waals surface area (Å²) in [5, 5.41) is 5.15. The van der Waals surface area contributed by atoms with E-state index in [9.17, 15) is 4.79 Å². The Bertz CT molecular complexity index is 572. The Labute approximate surface area is 109 Å². The number of hydrogen-bond donors (Lipinski definition) is 2. The molecule has 1 amide bonds. The summed E-state index contributed by atoms with van der Waals surface area (Å²) >= 11 is 1.40. The second kappa shape index (κ2) is 5.46. The summed E-state index contributed by atoms with van der Waals surface area (Å²) in [4.78, 5) is 15.1. The molecule has 0 aliphatic rings. The number of benzene rings is 1. The van der Waals surface area contributed by atoms with Crippen molar-refractivity contribution in [1.82, 2.24) is 4.98 Å². The lowest BCUT2D eigenvalue weighted by molar-refractivity contribution is -0.114. The number of rotatable bonds is 3. The van der Waals surface area contributed by atoms with Gasteiger partial charge < -0.3 is 11.1 Å². The Morgan fingerprint density at radius 2 is 2.06 bits per heavy atom. The third-order valence-corrected chi connectivity index (χ3v) is 2.96. The first-order valence-electron chi connectivity index (χ1n) is 5.40. The van der Waals surface area contributed by atoms with Crippen LogP contribution in [0.5, 0.6) is 0 Å². The molecule has 0 radical (unpaired) electrons. The predicted octanol–water partition coefficient (Wildman–Crippen LogP) is 2.85. The van der Waals surface area contributed by atoms with Crippen LogP contribution >= 0.6 is 11.3 Å². The van der Waals surface area contributed by atoms with Gasteiger partial charge in [0.2, 0.25) is 5.91 Å². The van der Waals surface area contributed by atoms with Crippen LogP contribution in [-0.2, 0) is 4.79 Å². The minimum atomic E-state index is -0.113. The number of anilines is 2. The molecule has 1 aromatic carbocycles. The molecule has 18 heavy (non-hydrogen) atoms. The van der Waals surface area contributed by atoms with Crippen molar-refractivity contribution in [3.05, 3.63) is 40.9 Å². The average Bonchev–Trinajstić information content (AvgIpc) is 2.75. The zero-order chi connectivity index (χ0) is 13.0. The number of nitrogen functional groups attached to an aromatic ring is 1. The third-order valence-electron chi connectivity index (χ3n) is 2.19. The predicted molar refractivity (Wildman–Crippen MR) is 76.2 cm³/mol. The zero-order valence-electron chi connectivity index (χ0n) is 9.88. The van der Waals surface area contributed by atoms with Crippen molar-refractivity contribution < 1.29 is 4.79 Å². The minimum absolute atomic E-state index is 0.113. The van der Waals surface area contributed by atoms with Crippen molar-refractivity contribution in [2.75, 3.05) is 11.1 Å². The van der Waals surface area contributed by atoms with Gasteiger partial charge in [0.1, 0.15) is 0 Å². The number of nitrogens with one attached hydrogen (secondary N) is 1. The smallest absolute Gasteiger partial charge is 0.223 e. The van der Waals surface area contributed by atoms with Crippen molar-refractivity contribution in [3.63, 3.8) is 0 Å². The van der Waals surface area contributed by atoms with Gasteiger partial charge in [-0.15, -0.1) is 11.3 Å². The van der Waals surface area contributed by atoms with Crippen LogP contribution < -0.4 is 11.1 Å². The van der Waals surface area contributed by atoms with E-state index in [4.69, 9.17) is 5.73 Å². The van der Waals surface area contributed by atoms with Gasteiger partial charge in [-0.3, -0.25) is 4.79 Å². The van der Waals surface area contributed by atoms with Crippen molar-refractivity contribution >= 4 is 40.2 Å². The molecule has 0 fully saturated rings. The molecule has 0 bridgehead atoms. The van der Waals surface area contributed by atoms with Crippen molar-refractivity contribution in [3.8, 4) is 0 Å². The molecule has 0 atom stereocenters. The molecule has 2 aromatic rings. The molecule has 1 heterocycles. The van der Waals surface area contributed by atoms with E-state index in [0.717, 1.165) is 16.9 Å². The number of amides is 1. The Kier molecular flexibility index (Phi) is 3.74. The van der Waals surface area contributed by atoms with Crippen LogP contribution in [0.2, 0.25) is 0 Å². The van der Waals surface area contributed by atoms with Crippen molar-refractivity contribution in [2.24, 2.45) is 0 Å². The quantitative estimate of drug-likeness (QED) is 0.833. The second-order valence-electron chi connectivity index (χ2n) is 3.76. The van der Waals surface area contributed by atoms with E-state index < -0.39 is 0 Å². The number of thiazole rings is 1. The standard InChI is InChI=1S/C13H13N3OS/c1-9(17)15-13-16-12(8-18-13)7-4-10-2-5-11(14)6-3-10/h2-8H,14H2,1H3,(H,15,16,17). The van der Waals surface area contributed by atoms with Crippen LogP contribution in [0.1, 0.15) is 18.2 Å². The van der Waals surface area contributed by atoms with Crippen LogP contribution in [0, 0.1) is 0 Å². The van der Waals surface area contributed by atoms with Crippen molar-refractivity contribution in [1.29, 1.82) is 0 Å². The van der Waals surface area contributed by atoms with Crippen LogP contribution in [0.4, 0.5) is 10.8 Å². The first-order valence-corrected chi connectivity index (χ1v) is 6.28. The number of nitrogens with two attached hydrogens (primary N) is 1. The molecule has 3 N–H and O–H groups in total. The number of aromatic nitrogens is 1. The van der Waals surface area contributed by atoms with Gasteiger partial charge >= 0.3 is 0 Å². The molecule has 5 heteroatoms. The molecular formula is C13H13N3OS. The monoisotopic (exact) mass is 259 g/mol. The maximum atomic E-state index is 10.9. The lowest BCUT2D eigenvalue weighted by atomic mass is 10.2. The number of carbonyl (C=O) groups is 1. The van der Waals surface area contributed by atoms with E-state index in [1.54, 1.807) is 0 Å². The summed E-state index contributed by atoms with van der Waals surface area (Å²) in [5.74, 6) is -0.113. The number of nitrogens with zero attached hydrogens (tertiary/aromatic N) is 1. The molecule has 2 rings (SSSR count). The average molecular weight is 259 g/mol. The lowest BCUT2D eigenvalue weighted by Gasteiger charge is -1.94. The second-order valence-corrected chi connectivity index (χ2v) is 4.62. The Balaban J connectivity index is 2.06. The first kappa shape index (κ1) is 12.3. The molecule has 0 saturated heterocycles. The zero-order valence-corrected chi connectivity index (χ0v) is 10.7. The largest absolute Gasteiger partial charge is 0.399 e. The summed E-state index contributed by atoms with van der Waals surface area (Å²) < 4.78 is 0. The van der Waals surface area contributed by atoms with Gasteiger partial charge in [-0.1, -0.05) is 18.2 Å². The van der Waals surface area contributed by atoms with E-state index in [-0.39, 0.29) is 5.91 Å². The summed E-state index contributed by atoms with van der Waals surface area (Å²) in [6, 6.07) is 7.58. The van der Waals surface area contributed by atoms with Gasteiger partial charge in [-0.05, 0) is 23.8 Å². The molecule has 0 saturated carbocycles. The van der Waals surface area contributed by atoms with E-state index in [1.807, 2.05) is 41.8 Å². The topological polar surface area (TPSA) is 68.0 Å². The normalized spacial score (nSPS) is 10.7. The molecule has 0 aliphatic heterocycles. The van der Waals surface area contributed by atoms with Gasteiger partial charge in [0, 0.05) is 18.0 Å². The molecule has 0 unspecified atom stereocenters. The highest BCUT2D eigenvalue weighted by Gasteiger charge is 2.00. The van der Waals surface area contributed by atoms with Crippen LogP contribution in [0.25, 0.3) is 12.2 Å². The lowest BCUT2D eigenvalue weighted by Crippen LogP contribution is -2.04. The third kappa shape index (κ3) is 3.43. The van der Waals surface area contributed by atoms with E-state index in [1.165, 1.54) is 18.3 Å². The van der Waals surface area contributed by atoms with Crippen LogP contribution in [0.15, 0.2) is 29.6 Å². The van der Waals surface area contributed by atoms with Crippen LogP contribution in [0.3, 0.4) is 0 Å². The highest BCUT2D eigenvalue weighted by Crippen LogP contribution is 2.17. The minimum Gasteiger partial charge on any atom is -0.399 e. The van der Waals surface area contributed by atoms with Gasteiger partial charge in [0.15, 0.2) is 5.13 Å². The highest BCUT2D eigenvalue weighted by atomic mass is 32.1. The molecule has 1 aromatic heterocycles. The maximum Gasteiger partial charge on any atom is 0.223 e. The SMILES string of the molecule is CC(=O)Nc1nc(C=Cc2ccc(N)cc2)cs1. The van der Waals surface area contributed by atoms with Gasteiger partial charge in [-0.2, -0.15) is 0 Å².